The van der Waals surface area contributed by atoms with Crippen molar-refractivity contribution < 1.29 is 28.9 Å². The SMILES string of the molecule is COC(=O)C(NC(=O)c1ncc2cc(Oc3ccccc3)ccc2c1O)OC. The van der Waals surface area contributed by atoms with Crippen LogP contribution in [0.2, 0.25) is 0 Å². The molecule has 1 atom stereocenters. The monoisotopic (exact) mass is 382 g/mol. The van der Waals surface area contributed by atoms with Crippen molar-refractivity contribution in [3.05, 3.63) is 60.4 Å². The largest absolute Gasteiger partial charge is 0.505 e. The van der Waals surface area contributed by atoms with E-state index in [-0.39, 0.29) is 11.4 Å². The second-order valence-electron chi connectivity index (χ2n) is 5.73. The second-order valence-corrected chi connectivity index (χ2v) is 5.73. The van der Waals surface area contributed by atoms with Crippen molar-refractivity contribution in [3.63, 3.8) is 0 Å². The van der Waals surface area contributed by atoms with Crippen LogP contribution in [0.5, 0.6) is 17.2 Å². The number of fused-ring (bicyclic) bond motifs is 1. The smallest absolute Gasteiger partial charge is 0.356 e. The van der Waals surface area contributed by atoms with Gasteiger partial charge >= 0.3 is 5.97 Å². The molecule has 0 bridgehead atoms. The fourth-order valence-electron chi connectivity index (χ4n) is 2.55. The molecule has 1 amide bonds. The lowest BCUT2D eigenvalue weighted by molar-refractivity contribution is -0.153. The molecule has 0 aliphatic heterocycles. The number of nitrogens with one attached hydrogen (secondary N) is 1. The van der Waals surface area contributed by atoms with Crippen LogP contribution in [0, 0.1) is 0 Å². The second kappa shape index (κ2) is 8.36. The van der Waals surface area contributed by atoms with Crippen molar-refractivity contribution in [1.82, 2.24) is 10.3 Å². The average Bonchev–Trinajstić information content (AvgIpc) is 2.72. The van der Waals surface area contributed by atoms with E-state index in [0.717, 1.165) is 0 Å². The first-order valence-electron chi connectivity index (χ1n) is 8.29. The molecule has 1 aromatic heterocycles. The molecule has 1 heterocycles. The minimum atomic E-state index is -1.31. The van der Waals surface area contributed by atoms with Gasteiger partial charge in [0, 0.05) is 24.1 Å². The molecule has 8 nitrogen and oxygen atoms in total. The number of hydrogen-bond acceptors (Lipinski definition) is 7. The normalized spacial score (nSPS) is 11.6. The summed E-state index contributed by atoms with van der Waals surface area (Å²) in [6.45, 7) is 0. The average molecular weight is 382 g/mol. The number of pyridine rings is 1. The predicted molar refractivity (Wildman–Crippen MR) is 100 cm³/mol. The summed E-state index contributed by atoms with van der Waals surface area (Å²) in [4.78, 5) is 27.9. The highest BCUT2D eigenvalue weighted by Crippen LogP contribution is 2.31. The number of esters is 1. The van der Waals surface area contributed by atoms with Gasteiger partial charge in [-0.25, -0.2) is 9.78 Å². The molecule has 1 unspecified atom stereocenters. The van der Waals surface area contributed by atoms with Crippen LogP contribution in [0.25, 0.3) is 10.8 Å². The Bertz CT molecular complexity index is 1010. The zero-order chi connectivity index (χ0) is 20.1. The summed E-state index contributed by atoms with van der Waals surface area (Å²) in [5.41, 5.74) is -0.241. The number of carbonyl (C=O) groups excluding carboxylic acids is 2. The number of nitrogens with zero attached hydrogens (tertiary/aromatic N) is 1. The summed E-state index contributed by atoms with van der Waals surface area (Å²) in [7, 11) is 2.41. The molecule has 0 saturated carbocycles. The highest BCUT2D eigenvalue weighted by molar-refractivity contribution is 6.02. The number of amides is 1. The fraction of sp³-hybridized carbons (Fsp3) is 0.150. The third-order valence-electron chi connectivity index (χ3n) is 3.94. The molecule has 0 saturated heterocycles. The molecule has 2 aromatic carbocycles. The van der Waals surface area contributed by atoms with Crippen LogP contribution in [0.15, 0.2) is 54.7 Å². The highest BCUT2D eigenvalue weighted by Gasteiger charge is 2.24. The van der Waals surface area contributed by atoms with Crippen molar-refractivity contribution in [2.75, 3.05) is 14.2 Å². The molecule has 144 valence electrons. The van der Waals surface area contributed by atoms with Crippen LogP contribution in [0.1, 0.15) is 10.5 Å². The van der Waals surface area contributed by atoms with Crippen LogP contribution in [-0.2, 0) is 14.3 Å². The maximum Gasteiger partial charge on any atom is 0.356 e. The van der Waals surface area contributed by atoms with Gasteiger partial charge in [-0.1, -0.05) is 18.2 Å². The van der Waals surface area contributed by atoms with Gasteiger partial charge < -0.3 is 24.6 Å². The van der Waals surface area contributed by atoms with Crippen LogP contribution in [-0.4, -0.2) is 42.4 Å². The van der Waals surface area contributed by atoms with Crippen molar-refractivity contribution in [1.29, 1.82) is 0 Å². The molecular weight excluding hydrogens is 364 g/mol. The van der Waals surface area contributed by atoms with Crippen molar-refractivity contribution in [2.45, 2.75) is 6.23 Å². The van der Waals surface area contributed by atoms with Gasteiger partial charge in [-0.2, -0.15) is 0 Å². The molecule has 2 N–H and O–H groups in total. The molecule has 0 aliphatic carbocycles. The number of carbonyl (C=O) groups is 2. The van der Waals surface area contributed by atoms with E-state index < -0.39 is 18.1 Å². The number of hydrogen-bond donors (Lipinski definition) is 2. The van der Waals surface area contributed by atoms with Gasteiger partial charge in [0.25, 0.3) is 5.91 Å². The quantitative estimate of drug-likeness (QED) is 0.498. The van der Waals surface area contributed by atoms with Gasteiger partial charge in [-0.15, -0.1) is 0 Å². The first kappa shape index (κ1) is 19.1. The number of ether oxygens (including phenoxy) is 3. The van der Waals surface area contributed by atoms with E-state index in [4.69, 9.17) is 9.47 Å². The first-order valence-corrected chi connectivity index (χ1v) is 8.29. The lowest BCUT2D eigenvalue weighted by atomic mass is 10.1. The van der Waals surface area contributed by atoms with Crippen LogP contribution in [0.4, 0.5) is 0 Å². The molecular formula is C20H18N2O6. The number of methoxy groups -OCH3 is 2. The zero-order valence-electron chi connectivity index (χ0n) is 15.2. The van der Waals surface area contributed by atoms with Gasteiger partial charge in [-0.05, 0) is 30.3 Å². The molecule has 3 aromatic rings. The molecule has 8 heteroatoms. The minimum absolute atomic E-state index is 0.241. The van der Waals surface area contributed by atoms with E-state index in [1.165, 1.54) is 20.4 Å². The number of aromatic nitrogens is 1. The molecule has 0 radical (unpaired) electrons. The summed E-state index contributed by atoms with van der Waals surface area (Å²) in [6, 6.07) is 14.2. The van der Waals surface area contributed by atoms with Crippen LogP contribution in [0.3, 0.4) is 0 Å². The van der Waals surface area contributed by atoms with Crippen LogP contribution >= 0.6 is 0 Å². The topological polar surface area (TPSA) is 107 Å². The molecule has 28 heavy (non-hydrogen) atoms. The third kappa shape index (κ3) is 4.02. The Morgan fingerprint density at radius 1 is 1.07 bits per heavy atom. The van der Waals surface area contributed by atoms with Gasteiger partial charge in [-0.3, -0.25) is 4.79 Å². The van der Waals surface area contributed by atoms with E-state index in [2.05, 4.69) is 15.0 Å². The molecule has 3 rings (SSSR count). The first-order chi connectivity index (χ1) is 13.5. The fourth-order valence-corrected chi connectivity index (χ4v) is 2.55. The van der Waals surface area contributed by atoms with Crippen molar-refractivity contribution >= 4 is 22.6 Å². The van der Waals surface area contributed by atoms with E-state index in [0.29, 0.717) is 22.3 Å². The number of rotatable bonds is 6. The van der Waals surface area contributed by atoms with Gasteiger partial charge in [0.1, 0.15) is 11.5 Å². The van der Waals surface area contributed by atoms with Crippen molar-refractivity contribution in [3.8, 4) is 17.2 Å². The molecule has 0 fully saturated rings. The van der Waals surface area contributed by atoms with Crippen molar-refractivity contribution in [2.24, 2.45) is 0 Å². The lowest BCUT2D eigenvalue weighted by Gasteiger charge is -2.15. The number of aromatic hydroxyl groups is 1. The Kier molecular flexibility index (Phi) is 5.71. The van der Waals surface area contributed by atoms with E-state index in [1.54, 1.807) is 18.2 Å². The maximum absolute atomic E-state index is 12.4. The summed E-state index contributed by atoms with van der Waals surface area (Å²) < 4.78 is 15.1. The maximum atomic E-state index is 12.4. The zero-order valence-corrected chi connectivity index (χ0v) is 15.2. The number of benzene rings is 2. The van der Waals surface area contributed by atoms with Gasteiger partial charge in [0.2, 0.25) is 6.23 Å². The highest BCUT2D eigenvalue weighted by atomic mass is 16.6. The molecule has 0 spiro atoms. The third-order valence-corrected chi connectivity index (χ3v) is 3.94. The minimum Gasteiger partial charge on any atom is -0.505 e. The number of para-hydroxylation sites is 1. The van der Waals surface area contributed by atoms with Crippen LogP contribution < -0.4 is 10.1 Å². The lowest BCUT2D eigenvalue weighted by Crippen LogP contribution is -2.43. The summed E-state index contributed by atoms with van der Waals surface area (Å²) >= 11 is 0. The predicted octanol–water partition coefficient (Wildman–Crippen LogP) is 2.61. The Morgan fingerprint density at radius 2 is 1.82 bits per heavy atom. The molecule has 0 aliphatic rings. The Morgan fingerprint density at radius 3 is 2.50 bits per heavy atom. The Labute approximate surface area is 160 Å². The Hall–Kier alpha value is -3.65. The summed E-state index contributed by atoms with van der Waals surface area (Å²) in [6.07, 6.45) is 0.123. The Balaban J connectivity index is 1.86. The van der Waals surface area contributed by atoms with Gasteiger partial charge in [0.15, 0.2) is 11.4 Å². The van der Waals surface area contributed by atoms with E-state index in [1.807, 2.05) is 30.3 Å². The standard InChI is InChI=1S/C20H18N2O6/c1-26-19(20(25)27-2)22-18(24)16-17(23)15-9-8-14(10-12(15)11-21-16)28-13-6-4-3-5-7-13/h3-11,19,23H,1-2H3,(H,22,24). The van der Waals surface area contributed by atoms with Gasteiger partial charge in [0.05, 0.1) is 7.11 Å². The van der Waals surface area contributed by atoms with E-state index >= 15 is 0 Å². The summed E-state index contributed by atoms with van der Waals surface area (Å²) in [5.74, 6) is -0.647. The van der Waals surface area contributed by atoms with E-state index in [9.17, 15) is 14.7 Å². The summed E-state index contributed by atoms with van der Waals surface area (Å²) in [5, 5.41) is 13.8.